The van der Waals surface area contributed by atoms with Gasteiger partial charge in [0, 0.05) is 10.3 Å². The number of aromatic carboxylic acids is 1. The molecule has 0 aliphatic heterocycles. The molecule has 0 unspecified atom stereocenters. The van der Waals surface area contributed by atoms with E-state index in [0.29, 0.717) is 5.69 Å². The van der Waals surface area contributed by atoms with Crippen molar-refractivity contribution < 1.29 is 9.90 Å². The molecule has 0 amide bonds. The third kappa shape index (κ3) is 1.74. The molecule has 0 saturated heterocycles. The first-order valence-electron chi connectivity index (χ1n) is 5.16. The summed E-state index contributed by atoms with van der Waals surface area (Å²) in [7, 11) is 0. The van der Waals surface area contributed by atoms with E-state index in [9.17, 15) is 4.79 Å². The van der Waals surface area contributed by atoms with Crippen LogP contribution in [0, 0.1) is 0 Å². The predicted octanol–water partition coefficient (Wildman–Crippen LogP) is 2.86. The molecule has 0 radical (unpaired) electrons. The number of carboxylic acids is 1. The lowest BCUT2D eigenvalue weighted by molar-refractivity contribution is 0.0703. The fourth-order valence-corrected chi connectivity index (χ4v) is 3.39. The summed E-state index contributed by atoms with van der Waals surface area (Å²) in [4.78, 5) is 12.3. The molecule has 1 saturated carbocycles. The summed E-state index contributed by atoms with van der Waals surface area (Å²) in [6.07, 6.45) is 4.76. The van der Waals surface area contributed by atoms with Crippen LogP contribution in [0.15, 0.2) is 6.07 Å². The largest absolute Gasteiger partial charge is 0.477 e. The molecule has 1 aliphatic rings. The standard InChI is InChI=1S/C11H15NO2S/c1-11(4-2-3-5-11)8-6-7(12)9(15-8)10(13)14/h6H,2-5,12H2,1H3,(H,13,14). The van der Waals surface area contributed by atoms with Gasteiger partial charge in [-0.25, -0.2) is 4.79 Å². The number of rotatable bonds is 2. The van der Waals surface area contributed by atoms with Crippen LogP contribution in [0.5, 0.6) is 0 Å². The second-order valence-corrected chi connectivity index (χ2v) is 5.52. The van der Waals surface area contributed by atoms with Crippen LogP contribution in [0.2, 0.25) is 0 Å². The summed E-state index contributed by atoms with van der Waals surface area (Å²) in [6.45, 7) is 2.21. The Balaban J connectivity index is 2.37. The number of thiophene rings is 1. The van der Waals surface area contributed by atoms with Crippen LogP contribution in [-0.2, 0) is 5.41 Å². The lowest BCUT2D eigenvalue weighted by Gasteiger charge is -2.21. The molecule has 0 spiro atoms. The molecule has 0 bridgehead atoms. The molecule has 1 aromatic heterocycles. The summed E-state index contributed by atoms with van der Waals surface area (Å²) in [6, 6.07) is 1.85. The molecule has 82 valence electrons. The third-order valence-electron chi connectivity index (χ3n) is 3.26. The minimum atomic E-state index is -0.912. The smallest absolute Gasteiger partial charge is 0.348 e. The zero-order valence-corrected chi connectivity index (χ0v) is 9.56. The lowest BCUT2D eigenvalue weighted by atomic mass is 9.87. The van der Waals surface area contributed by atoms with Crippen molar-refractivity contribution in [2.45, 2.75) is 38.0 Å². The van der Waals surface area contributed by atoms with Crippen LogP contribution in [0.3, 0.4) is 0 Å². The van der Waals surface area contributed by atoms with Crippen molar-refractivity contribution in [2.75, 3.05) is 5.73 Å². The average Bonchev–Trinajstić information content (AvgIpc) is 2.72. The van der Waals surface area contributed by atoms with E-state index < -0.39 is 5.97 Å². The molecular weight excluding hydrogens is 210 g/mol. The van der Waals surface area contributed by atoms with E-state index in [2.05, 4.69) is 6.92 Å². The highest BCUT2D eigenvalue weighted by molar-refractivity contribution is 7.14. The molecule has 0 aromatic carbocycles. The van der Waals surface area contributed by atoms with Crippen LogP contribution in [0.1, 0.15) is 47.2 Å². The van der Waals surface area contributed by atoms with Crippen LogP contribution in [0.4, 0.5) is 5.69 Å². The van der Waals surface area contributed by atoms with Crippen molar-refractivity contribution in [3.05, 3.63) is 15.8 Å². The van der Waals surface area contributed by atoms with Gasteiger partial charge in [0.2, 0.25) is 0 Å². The summed E-state index contributed by atoms with van der Waals surface area (Å²) < 4.78 is 0. The van der Waals surface area contributed by atoms with Gasteiger partial charge in [-0.05, 0) is 18.9 Å². The van der Waals surface area contributed by atoms with Gasteiger partial charge in [-0.15, -0.1) is 11.3 Å². The van der Waals surface area contributed by atoms with Crippen LogP contribution >= 0.6 is 11.3 Å². The molecule has 1 aliphatic carbocycles. The molecule has 0 atom stereocenters. The molecule has 1 aromatic rings. The Labute approximate surface area is 92.9 Å². The van der Waals surface area contributed by atoms with Gasteiger partial charge in [0.25, 0.3) is 0 Å². The van der Waals surface area contributed by atoms with Gasteiger partial charge in [0.05, 0.1) is 5.69 Å². The van der Waals surface area contributed by atoms with Crippen LogP contribution in [-0.4, -0.2) is 11.1 Å². The SMILES string of the molecule is CC1(c2cc(N)c(C(=O)O)s2)CCCC1. The van der Waals surface area contributed by atoms with E-state index >= 15 is 0 Å². The van der Waals surface area contributed by atoms with Gasteiger partial charge >= 0.3 is 5.97 Å². The highest BCUT2D eigenvalue weighted by Crippen LogP contribution is 2.44. The maximum absolute atomic E-state index is 10.9. The van der Waals surface area contributed by atoms with E-state index in [-0.39, 0.29) is 10.3 Å². The Morgan fingerprint density at radius 1 is 1.53 bits per heavy atom. The molecule has 3 nitrogen and oxygen atoms in total. The molecular formula is C11H15NO2S. The van der Waals surface area contributed by atoms with Crippen LogP contribution < -0.4 is 5.73 Å². The zero-order chi connectivity index (χ0) is 11.1. The quantitative estimate of drug-likeness (QED) is 0.813. The summed E-state index contributed by atoms with van der Waals surface area (Å²) in [5.74, 6) is -0.912. The average molecular weight is 225 g/mol. The molecule has 2 rings (SSSR count). The van der Waals surface area contributed by atoms with Gasteiger partial charge in [-0.3, -0.25) is 0 Å². The molecule has 4 heteroatoms. The number of carboxylic acid groups (broad SMARTS) is 1. The molecule has 3 N–H and O–H groups in total. The number of anilines is 1. The van der Waals surface area contributed by atoms with E-state index in [4.69, 9.17) is 10.8 Å². The number of hydrogen-bond acceptors (Lipinski definition) is 3. The van der Waals surface area contributed by atoms with Gasteiger partial charge in [0.15, 0.2) is 0 Å². The first kappa shape index (κ1) is 10.5. The number of nitrogen functional groups attached to an aromatic ring is 1. The minimum Gasteiger partial charge on any atom is -0.477 e. The van der Waals surface area contributed by atoms with Gasteiger partial charge in [-0.1, -0.05) is 19.8 Å². The van der Waals surface area contributed by atoms with Crippen molar-refractivity contribution in [3.8, 4) is 0 Å². The summed E-state index contributed by atoms with van der Waals surface area (Å²) in [5.41, 5.74) is 6.27. The first-order chi connectivity index (χ1) is 7.03. The highest BCUT2D eigenvalue weighted by Gasteiger charge is 2.33. The second kappa shape index (κ2) is 3.52. The first-order valence-corrected chi connectivity index (χ1v) is 5.98. The van der Waals surface area contributed by atoms with Crippen molar-refractivity contribution >= 4 is 23.0 Å². The number of hydrogen-bond donors (Lipinski definition) is 2. The van der Waals surface area contributed by atoms with Gasteiger partial charge in [-0.2, -0.15) is 0 Å². The Hall–Kier alpha value is -1.03. The Morgan fingerprint density at radius 3 is 2.60 bits per heavy atom. The monoisotopic (exact) mass is 225 g/mol. The summed E-state index contributed by atoms with van der Waals surface area (Å²) in [5, 5.41) is 8.94. The lowest BCUT2D eigenvalue weighted by Crippen LogP contribution is -2.14. The molecule has 15 heavy (non-hydrogen) atoms. The third-order valence-corrected chi connectivity index (χ3v) is 4.70. The van der Waals surface area contributed by atoms with Crippen molar-refractivity contribution in [1.82, 2.24) is 0 Å². The Kier molecular flexibility index (Phi) is 2.46. The van der Waals surface area contributed by atoms with Gasteiger partial charge in [0.1, 0.15) is 4.88 Å². The highest BCUT2D eigenvalue weighted by atomic mass is 32.1. The normalized spacial score (nSPS) is 19.3. The van der Waals surface area contributed by atoms with E-state index in [1.54, 1.807) is 0 Å². The fraction of sp³-hybridized carbons (Fsp3) is 0.545. The van der Waals surface area contributed by atoms with Crippen molar-refractivity contribution in [1.29, 1.82) is 0 Å². The van der Waals surface area contributed by atoms with E-state index in [1.165, 1.54) is 24.2 Å². The Bertz CT molecular complexity index is 391. The number of nitrogens with two attached hydrogens (primary N) is 1. The van der Waals surface area contributed by atoms with E-state index in [1.807, 2.05) is 6.07 Å². The summed E-state index contributed by atoms with van der Waals surface area (Å²) >= 11 is 1.34. The van der Waals surface area contributed by atoms with Crippen molar-refractivity contribution in [3.63, 3.8) is 0 Å². The fourth-order valence-electron chi connectivity index (χ4n) is 2.27. The topological polar surface area (TPSA) is 63.3 Å². The Morgan fingerprint density at radius 2 is 2.13 bits per heavy atom. The molecule has 1 fully saturated rings. The maximum atomic E-state index is 10.9. The van der Waals surface area contributed by atoms with E-state index in [0.717, 1.165) is 17.7 Å². The number of carbonyl (C=O) groups is 1. The predicted molar refractivity (Wildman–Crippen MR) is 61.5 cm³/mol. The minimum absolute atomic E-state index is 0.159. The van der Waals surface area contributed by atoms with Gasteiger partial charge < -0.3 is 10.8 Å². The maximum Gasteiger partial charge on any atom is 0.348 e. The van der Waals surface area contributed by atoms with Crippen LogP contribution in [0.25, 0.3) is 0 Å². The molecule has 1 heterocycles. The second-order valence-electron chi connectivity index (χ2n) is 4.47. The zero-order valence-electron chi connectivity index (χ0n) is 8.75. The van der Waals surface area contributed by atoms with Crippen molar-refractivity contribution in [2.24, 2.45) is 0 Å².